The minimum Gasteiger partial charge on any atom is -0.398 e. The lowest BCUT2D eigenvalue weighted by Gasteiger charge is -2.18. The quantitative estimate of drug-likeness (QED) is 0.536. The van der Waals surface area contributed by atoms with Crippen LogP contribution in [0.15, 0.2) is 12.1 Å². The van der Waals surface area contributed by atoms with Crippen molar-refractivity contribution in [3.05, 3.63) is 29.1 Å². The van der Waals surface area contributed by atoms with Crippen LogP contribution in [0, 0.1) is 12.7 Å². The number of hydrogen-bond acceptors (Lipinski definition) is 4. The molecule has 0 aliphatic carbocycles. The minimum atomic E-state index is -1.32. The molecule has 5 heteroatoms. The number of nitrogens with two attached hydrogens (primary N) is 2. The lowest BCUT2D eigenvalue weighted by molar-refractivity contribution is 0.0221. The molecule has 0 aliphatic rings. The van der Waals surface area contributed by atoms with Gasteiger partial charge in [-0.1, -0.05) is 6.07 Å². The Morgan fingerprint density at radius 2 is 2.00 bits per heavy atom. The Morgan fingerprint density at radius 3 is 2.53 bits per heavy atom. The van der Waals surface area contributed by atoms with Gasteiger partial charge in [-0.3, -0.25) is 0 Å². The molecule has 0 fully saturated rings. The molecule has 4 nitrogen and oxygen atoms in total. The lowest BCUT2D eigenvalue weighted by Crippen LogP contribution is -2.28. The number of halogens is 1. The van der Waals surface area contributed by atoms with Crippen LogP contribution < -0.4 is 11.5 Å². The second-order valence-electron chi connectivity index (χ2n) is 3.43. The SMILES string of the molecule is Cc1c(N)ccc(C(O)C(O)CN)c1F. The van der Waals surface area contributed by atoms with Crippen LogP contribution in [-0.2, 0) is 0 Å². The second kappa shape index (κ2) is 4.57. The maximum Gasteiger partial charge on any atom is 0.134 e. The summed E-state index contributed by atoms with van der Waals surface area (Å²) in [5, 5.41) is 18.9. The van der Waals surface area contributed by atoms with E-state index in [0.29, 0.717) is 5.69 Å². The van der Waals surface area contributed by atoms with E-state index in [0.717, 1.165) is 0 Å². The van der Waals surface area contributed by atoms with E-state index in [-0.39, 0.29) is 17.7 Å². The largest absolute Gasteiger partial charge is 0.398 e. The van der Waals surface area contributed by atoms with Crippen molar-refractivity contribution in [3.63, 3.8) is 0 Å². The van der Waals surface area contributed by atoms with E-state index >= 15 is 0 Å². The highest BCUT2D eigenvalue weighted by molar-refractivity contribution is 5.49. The van der Waals surface area contributed by atoms with Crippen molar-refractivity contribution in [2.75, 3.05) is 12.3 Å². The molecule has 84 valence electrons. The number of nitrogen functional groups attached to an aromatic ring is 1. The van der Waals surface area contributed by atoms with Crippen LogP contribution in [0.4, 0.5) is 10.1 Å². The molecule has 0 spiro atoms. The van der Waals surface area contributed by atoms with Crippen LogP contribution in [0.5, 0.6) is 0 Å². The van der Waals surface area contributed by atoms with Gasteiger partial charge in [0.25, 0.3) is 0 Å². The van der Waals surface area contributed by atoms with Crippen molar-refractivity contribution in [1.82, 2.24) is 0 Å². The van der Waals surface area contributed by atoms with Gasteiger partial charge in [0.1, 0.15) is 11.9 Å². The topological polar surface area (TPSA) is 92.5 Å². The van der Waals surface area contributed by atoms with Crippen molar-refractivity contribution in [1.29, 1.82) is 0 Å². The number of aliphatic hydroxyl groups is 2. The fraction of sp³-hybridized carbons (Fsp3) is 0.400. The van der Waals surface area contributed by atoms with Gasteiger partial charge < -0.3 is 21.7 Å². The Morgan fingerprint density at radius 1 is 1.40 bits per heavy atom. The molecule has 0 amide bonds. The van der Waals surface area contributed by atoms with E-state index < -0.39 is 18.0 Å². The van der Waals surface area contributed by atoms with Gasteiger partial charge in [-0.05, 0) is 13.0 Å². The van der Waals surface area contributed by atoms with Gasteiger partial charge in [0.15, 0.2) is 0 Å². The van der Waals surface area contributed by atoms with Gasteiger partial charge in [0.05, 0.1) is 6.10 Å². The molecule has 0 bridgehead atoms. The summed E-state index contributed by atoms with van der Waals surface area (Å²) in [5.74, 6) is -0.602. The summed E-state index contributed by atoms with van der Waals surface area (Å²) >= 11 is 0. The molecule has 2 unspecified atom stereocenters. The standard InChI is InChI=1S/C10H15FN2O2/c1-5-7(13)3-2-6(9(5)11)10(15)8(14)4-12/h2-3,8,10,14-15H,4,12-13H2,1H3. The monoisotopic (exact) mass is 214 g/mol. The van der Waals surface area contributed by atoms with Gasteiger partial charge in [-0.15, -0.1) is 0 Å². The van der Waals surface area contributed by atoms with Crippen LogP contribution in [0.25, 0.3) is 0 Å². The first-order valence-electron chi connectivity index (χ1n) is 4.59. The zero-order valence-electron chi connectivity index (χ0n) is 8.44. The van der Waals surface area contributed by atoms with Gasteiger partial charge in [0, 0.05) is 23.4 Å². The highest BCUT2D eigenvalue weighted by Crippen LogP contribution is 2.25. The molecule has 0 saturated carbocycles. The van der Waals surface area contributed by atoms with Crippen LogP contribution in [0.2, 0.25) is 0 Å². The molecule has 6 N–H and O–H groups in total. The summed E-state index contributed by atoms with van der Waals surface area (Å²) < 4.78 is 13.6. The first-order chi connectivity index (χ1) is 6.99. The van der Waals surface area contributed by atoms with Crippen molar-refractivity contribution < 1.29 is 14.6 Å². The Kier molecular flexibility index (Phi) is 3.62. The fourth-order valence-electron chi connectivity index (χ4n) is 1.29. The smallest absolute Gasteiger partial charge is 0.134 e. The molecule has 0 heterocycles. The molecule has 15 heavy (non-hydrogen) atoms. The van der Waals surface area contributed by atoms with Gasteiger partial charge in [0.2, 0.25) is 0 Å². The predicted octanol–water partition coefficient (Wildman–Crippen LogP) is 0.0693. The van der Waals surface area contributed by atoms with E-state index in [1.807, 2.05) is 0 Å². The third-order valence-corrected chi connectivity index (χ3v) is 2.38. The fourth-order valence-corrected chi connectivity index (χ4v) is 1.29. The molecular weight excluding hydrogens is 199 g/mol. The summed E-state index contributed by atoms with van der Waals surface area (Å²) in [7, 11) is 0. The van der Waals surface area contributed by atoms with E-state index in [9.17, 15) is 14.6 Å². The molecule has 0 radical (unpaired) electrons. The number of benzene rings is 1. The molecule has 0 aliphatic heterocycles. The Hall–Kier alpha value is -1.17. The summed E-state index contributed by atoms with van der Waals surface area (Å²) in [6, 6.07) is 2.83. The molecular formula is C10H15FN2O2. The summed E-state index contributed by atoms with van der Waals surface area (Å²) in [6.07, 6.45) is -2.50. The predicted molar refractivity (Wildman–Crippen MR) is 55.6 cm³/mol. The number of anilines is 1. The molecule has 2 atom stereocenters. The van der Waals surface area contributed by atoms with E-state index in [1.54, 1.807) is 0 Å². The highest BCUT2D eigenvalue weighted by atomic mass is 19.1. The van der Waals surface area contributed by atoms with E-state index in [1.165, 1.54) is 19.1 Å². The maximum absolute atomic E-state index is 13.6. The lowest BCUT2D eigenvalue weighted by atomic mass is 10.0. The van der Waals surface area contributed by atoms with Crippen molar-refractivity contribution >= 4 is 5.69 Å². The second-order valence-corrected chi connectivity index (χ2v) is 3.43. The normalized spacial score (nSPS) is 15.0. The van der Waals surface area contributed by atoms with Crippen molar-refractivity contribution in [3.8, 4) is 0 Å². The average molecular weight is 214 g/mol. The zero-order chi connectivity index (χ0) is 11.6. The highest BCUT2D eigenvalue weighted by Gasteiger charge is 2.21. The molecule has 0 aromatic heterocycles. The minimum absolute atomic E-state index is 0.0136. The molecule has 1 aromatic rings. The van der Waals surface area contributed by atoms with Crippen LogP contribution in [0.3, 0.4) is 0 Å². The van der Waals surface area contributed by atoms with E-state index in [4.69, 9.17) is 11.5 Å². The maximum atomic E-state index is 13.6. The Bertz CT molecular complexity index is 358. The number of aliphatic hydroxyl groups excluding tert-OH is 2. The first-order valence-corrected chi connectivity index (χ1v) is 4.59. The van der Waals surface area contributed by atoms with Crippen molar-refractivity contribution in [2.45, 2.75) is 19.1 Å². The third kappa shape index (κ3) is 2.26. The van der Waals surface area contributed by atoms with Crippen LogP contribution >= 0.6 is 0 Å². The number of rotatable bonds is 3. The molecule has 0 saturated heterocycles. The average Bonchev–Trinajstić information content (AvgIpc) is 2.24. The van der Waals surface area contributed by atoms with Crippen LogP contribution in [-0.4, -0.2) is 22.9 Å². The number of hydrogen-bond donors (Lipinski definition) is 4. The van der Waals surface area contributed by atoms with Gasteiger partial charge >= 0.3 is 0 Å². The van der Waals surface area contributed by atoms with Gasteiger partial charge in [-0.2, -0.15) is 0 Å². The summed E-state index contributed by atoms with van der Waals surface area (Å²) in [5.41, 5.74) is 11.2. The van der Waals surface area contributed by atoms with Crippen LogP contribution in [0.1, 0.15) is 17.2 Å². The Balaban J connectivity index is 3.10. The third-order valence-electron chi connectivity index (χ3n) is 2.38. The zero-order valence-corrected chi connectivity index (χ0v) is 8.44. The van der Waals surface area contributed by atoms with Crippen molar-refractivity contribution in [2.24, 2.45) is 5.73 Å². The van der Waals surface area contributed by atoms with Gasteiger partial charge in [-0.25, -0.2) is 4.39 Å². The summed E-state index contributed by atoms with van der Waals surface area (Å²) in [6.45, 7) is 1.37. The Labute approximate surface area is 87.3 Å². The summed E-state index contributed by atoms with van der Waals surface area (Å²) in [4.78, 5) is 0. The van der Waals surface area contributed by atoms with E-state index in [2.05, 4.69) is 0 Å². The first kappa shape index (κ1) is 11.9. The molecule has 1 aromatic carbocycles. The molecule has 1 rings (SSSR count).